The van der Waals surface area contributed by atoms with Crippen LogP contribution in [0.2, 0.25) is 0 Å². The fourth-order valence-electron chi connectivity index (χ4n) is 18.3. The number of furan rings is 1. The third kappa shape index (κ3) is 12.0. The van der Waals surface area contributed by atoms with Crippen molar-refractivity contribution in [2.45, 2.75) is 163 Å². The predicted octanol–water partition coefficient (Wildman–Crippen LogP) is 31.0. The zero-order valence-corrected chi connectivity index (χ0v) is 69.4. The largest absolute Gasteiger partial charge is 0.452 e. The zero-order valence-electron chi connectivity index (χ0n) is 69.4. The van der Waals surface area contributed by atoms with E-state index in [-0.39, 0.29) is 38.4 Å². The first kappa shape index (κ1) is 72.3. The Labute approximate surface area is 672 Å². The van der Waals surface area contributed by atoms with Crippen LogP contribution in [-0.4, -0.2) is 9.13 Å². The first-order valence-corrected chi connectivity index (χ1v) is 41.0. The summed E-state index contributed by atoms with van der Waals surface area (Å²) in [6, 6.07) is 110. The number of anilines is 6. The lowest BCUT2D eigenvalue weighted by atomic mass is 9.74. The number of rotatable bonds is 8. The van der Waals surface area contributed by atoms with Crippen LogP contribution in [0, 0.1) is 0 Å². The summed E-state index contributed by atoms with van der Waals surface area (Å²) in [5, 5.41) is 7.05. The molecule has 0 aliphatic carbocycles. The van der Waals surface area contributed by atoms with E-state index in [1.54, 1.807) is 0 Å². The molecular weight excluding hydrogens is 1380 g/mol. The van der Waals surface area contributed by atoms with E-state index in [1.807, 2.05) is 0 Å². The van der Waals surface area contributed by atoms with Gasteiger partial charge in [0.2, 0.25) is 0 Å². The molecule has 17 aromatic rings. The van der Waals surface area contributed by atoms with Crippen molar-refractivity contribution in [3.05, 3.63) is 335 Å². The lowest BCUT2D eigenvalue weighted by Gasteiger charge is -2.45. The molecule has 0 N–H and O–H groups in total. The lowest BCUT2D eigenvalue weighted by molar-refractivity contribution is 0.590. The van der Waals surface area contributed by atoms with E-state index in [0.717, 1.165) is 128 Å². The van der Waals surface area contributed by atoms with Crippen molar-refractivity contribution in [3.8, 4) is 55.9 Å². The minimum atomic E-state index is -0.238. The molecule has 1 unspecified atom stereocenters. The molecule has 5 heteroatoms. The highest BCUT2D eigenvalue weighted by Gasteiger charge is 2.44. The van der Waals surface area contributed by atoms with Crippen LogP contribution in [0.1, 0.15) is 181 Å². The Bertz CT molecular complexity index is 6550. The molecule has 0 spiro atoms. The molecule has 0 bridgehead atoms. The molecule has 0 radical (unpaired) electrons. The van der Waals surface area contributed by atoms with E-state index in [1.165, 1.54) is 77.2 Å². The molecule has 5 heterocycles. The first-order valence-electron chi connectivity index (χ1n) is 41.0. The van der Waals surface area contributed by atoms with Crippen molar-refractivity contribution >= 4 is 99.7 Å². The van der Waals surface area contributed by atoms with Gasteiger partial charge in [-0.15, -0.1) is 0 Å². The third-order valence-corrected chi connectivity index (χ3v) is 24.8. The second-order valence-electron chi connectivity index (χ2n) is 38.7. The summed E-state index contributed by atoms with van der Waals surface area (Å²) < 4.78 is 13.0. The highest BCUT2D eigenvalue weighted by molar-refractivity contribution is 6.17. The van der Waals surface area contributed by atoms with Crippen LogP contribution in [0.5, 0.6) is 0 Å². The molecule has 5 nitrogen and oxygen atoms in total. The summed E-state index contributed by atoms with van der Waals surface area (Å²) in [6.07, 6.45) is 0. The molecule has 2 aliphatic rings. The van der Waals surface area contributed by atoms with Gasteiger partial charge in [0.15, 0.2) is 11.2 Å². The molecule has 1 atom stereocenters. The Morgan fingerprint density at radius 2 is 0.561 bits per heavy atom. The predicted molar refractivity (Wildman–Crippen MR) is 487 cm³/mol. The van der Waals surface area contributed by atoms with Crippen LogP contribution in [0.15, 0.2) is 290 Å². The van der Waals surface area contributed by atoms with Crippen molar-refractivity contribution < 1.29 is 4.42 Å². The summed E-state index contributed by atoms with van der Waals surface area (Å²) in [5.74, 6) is -0.238. The summed E-state index contributed by atoms with van der Waals surface area (Å²) in [6.45, 7) is 41.8. The Balaban J connectivity index is 0.953. The maximum Gasteiger partial charge on any atom is 0.159 e. The van der Waals surface area contributed by atoms with Gasteiger partial charge in [0.05, 0.1) is 61.9 Å². The Morgan fingerprint density at radius 3 is 0.965 bits per heavy atom. The summed E-state index contributed by atoms with van der Waals surface area (Å²) in [7, 11) is 0. The van der Waals surface area contributed by atoms with Gasteiger partial charge in [-0.05, 0) is 225 Å². The van der Waals surface area contributed by atoms with Crippen LogP contribution >= 0.6 is 0 Å². The molecule has 2 aliphatic heterocycles. The normalized spacial score (nSPS) is 14.1. The lowest BCUT2D eigenvalue weighted by Crippen LogP contribution is -2.29. The van der Waals surface area contributed by atoms with Gasteiger partial charge in [-0.2, -0.15) is 0 Å². The fourth-order valence-corrected chi connectivity index (χ4v) is 18.3. The van der Waals surface area contributed by atoms with Gasteiger partial charge < -0.3 is 23.4 Å². The quantitative estimate of drug-likeness (QED) is 0.152. The number of hydrogen-bond donors (Lipinski definition) is 0. The van der Waals surface area contributed by atoms with Crippen LogP contribution in [0.4, 0.5) is 34.1 Å². The monoisotopic (exact) mass is 1480 g/mol. The average molecular weight is 1480 g/mol. The number of aromatic nitrogens is 2. The minimum Gasteiger partial charge on any atom is -0.452 e. The molecule has 3 aromatic heterocycles. The van der Waals surface area contributed by atoms with Gasteiger partial charge in [-0.3, -0.25) is 0 Å². The summed E-state index contributed by atoms with van der Waals surface area (Å²) in [5.41, 5.74) is 35.1. The van der Waals surface area contributed by atoms with Gasteiger partial charge in [0.1, 0.15) is 0 Å². The standard InChI is InChI=1S/C109H102N4O/c1-104(2,3)74-41-35-68(36-42-74)70-39-49-84-96(58-70)111(80-56-72(66-27-21-19-22-28-66)55-73(57-80)67-29-23-20-24-30-67)98-64-81(110-90-51-45-76(106(7,8)9)60-86(90)87-61-77(107(10,11)12)46-52-91(87)110)65-99-101(98)100(84)85-50-40-71(69-37-43-75(44-38-69)105(4,5)6)59-97(85)113(99)95-34-26-32-83-82-31-25-33-94(102(82)114-103(83)95)112-92-53-47-78(108(13,14)15)62-88(92)89-63-79(109(16,17)18)48-54-93(89)112/h19-65,100H,1-18H3. The molecule has 14 aromatic carbocycles. The molecule has 564 valence electrons. The van der Waals surface area contributed by atoms with Gasteiger partial charge >= 0.3 is 0 Å². The minimum absolute atomic E-state index is 0.0109. The molecular formula is C109H102N4O. The second kappa shape index (κ2) is 25.8. The van der Waals surface area contributed by atoms with E-state index in [2.05, 4.69) is 429 Å². The van der Waals surface area contributed by atoms with E-state index in [4.69, 9.17) is 4.42 Å². The summed E-state index contributed by atoms with van der Waals surface area (Å²) in [4.78, 5) is 5.26. The highest BCUT2D eigenvalue weighted by Crippen LogP contribution is 2.63. The molecule has 0 saturated carbocycles. The number of hydrogen-bond acceptors (Lipinski definition) is 3. The molecule has 0 fully saturated rings. The smallest absolute Gasteiger partial charge is 0.159 e. The van der Waals surface area contributed by atoms with E-state index in [9.17, 15) is 0 Å². The van der Waals surface area contributed by atoms with E-state index >= 15 is 0 Å². The first-order chi connectivity index (χ1) is 54.3. The van der Waals surface area contributed by atoms with Crippen molar-refractivity contribution in [1.29, 1.82) is 0 Å². The maximum absolute atomic E-state index is 7.99. The Hall–Kier alpha value is -11.9. The van der Waals surface area contributed by atoms with Crippen molar-refractivity contribution in [1.82, 2.24) is 9.13 Å². The molecule has 114 heavy (non-hydrogen) atoms. The van der Waals surface area contributed by atoms with Gasteiger partial charge in [-0.1, -0.05) is 307 Å². The summed E-state index contributed by atoms with van der Waals surface area (Å²) >= 11 is 0. The molecule has 0 amide bonds. The van der Waals surface area contributed by atoms with Crippen molar-refractivity contribution in [2.24, 2.45) is 0 Å². The van der Waals surface area contributed by atoms with E-state index in [0.29, 0.717) is 0 Å². The number of nitrogens with zero attached hydrogens (tertiary/aromatic N) is 4. The van der Waals surface area contributed by atoms with Gasteiger partial charge in [0, 0.05) is 49.5 Å². The number of benzene rings is 14. The zero-order chi connectivity index (χ0) is 79.2. The van der Waals surface area contributed by atoms with Gasteiger partial charge in [0.25, 0.3) is 0 Å². The van der Waals surface area contributed by atoms with Crippen LogP contribution < -0.4 is 9.80 Å². The fraction of sp³-hybridized carbons (Fsp3) is 0.229. The SMILES string of the molecule is CC(C)(C)c1ccc(-c2ccc3c(c2)N(c2cc(-c4ccccc4)cc(-c4ccccc4)c2)c2cc(-n4c5ccc(C(C)(C)C)cc5c5cc(C(C)(C)C)ccc54)cc4c2C3c2ccc(-c3ccc(C(C)(C)C)cc3)cc2N4c2cccc3c2oc2c(-n4c5ccc(C(C)(C)C)cc5c5cc(C(C)(C)C)ccc54)cccc23)cc1. The number of para-hydroxylation sites is 2. The van der Waals surface area contributed by atoms with Gasteiger partial charge in [-0.25, -0.2) is 0 Å². The Morgan fingerprint density at radius 1 is 0.219 bits per heavy atom. The molecule has 19 rings (SSSR count). The van der Waals surface area contributed by atoms with Crippen LogP contribution in [-0.2, 0) is 32.5 Å². The van der Waals surface area contributed by atoms with Crippen molar-refractivity contribution in [3.63, 3.8) is 0 Å². The maximum atomic E-state index is 7.99. The third-order valence-electron chi connectivity index (χ3n) is 24.8. The van der Waals surface area contributed by atoms with Crippen LogP contribution in [0.3, 0.4) is 0 Å². The second-order valence-corrected chi connectivity index (χ2v) is 38.7. The van der Waals surface area contributed by atoms with Crippen LogP contribution in [0.25, 0.3) is 121 Å². The number of fused-ring (bicyclic) bond motifs is 13. The van der Waals surface area contributed by atoms with Crippen molar-refractivity contribution in [2.75, 3.05) is 9.80 Å². The van der Waals surface area contributed by atoms with E-state index < -0.39 is 0 Å². The average Bonchev–Trinajstić information content (AvgIpc) is 0.949. The highest BCUT2D eigenvalue weighted by atomic mass is 16.3. The topological polar surface area (TPSA) is 29.5 Å². The Kier molecular flexibility index (Phi) is 16.4. The molecule has 0 saturated heterocycles.